The molecule has 4 heteroatoms. The molecule has 0 unspecified atom stereocenters. The number of hydrogen-bond donors (Lipinski definition) is 1. The first-order valence-electron chi connectivity index (χ1n) is 4.80. The van der Waals surface area contributed by atoms with Gasteiger partial charge in [0.05, 0.1) is 0 Å². The number of halogens is 2. The Labute approximate surface area is 117 Å². The van der Waals surface area contributed by atoms with E-state index in [-0.39, 0.29) is 0 Å². The summed E-state index contributed by atoms with van der Waals surface area (Å²) in [6.45, 7) is 2.05. The highest BCUT2D eigenvalue weighted by molar-refractivity contribution is 14.1. The zero-order chi connectivity index (χ0) is 11.5. The van der Waals surface area contributed by atoms with Crippen molar-refractivity contribution in [3.8, 4) is 0 Å². The van der Waals surface area contributed by atoms with Crippen molar-refractivity contribution in [2.24, 2.45) is 0 Å². The Hall–Kier alpha value is -0.620. The van der Waals surface area contributed by atoms with E-state index in [2.05, 4.69) is 61.0 Å². The van der Waals surface area contributed by atoms with E-state index in [1.807, 2.05) is 31.3 Å². The van der Waals surface area contributed by atoms with Gasteiger partial charge in [0.2, 0.25) is 0 Å². The van der Waals surface area contributed by atoms with Crippen LogP contribution in [0.25, 0.3) is 0 Å². The highest BCUT2D eigenvalue weighted by Gasteiger charge is 1.99. The lowest BCUT2D eigenvalue weighted by molar-refractivity contribution is 1.25. The van der Waals surface area contributed by atoms with E-state index < -0.39 is 0 Å². The quantitative estimate of drug-likeness (QED) is 0.766. The number of pyridine rings is 1. The Morgan fingerprint density at radius 3 is 2.81 bits per heavy atom. The third-order valence-electron chi connectivity index (χ3n) is 2.14. The van der Waals surface area contributed by atoms with Crippen LogP contribution in [0, 0.1) is 10.5 Å². The molecule has 0 radical (unpaired) electrons. The summed E-state index contributed by atoms with van der Waals surface area (Å²) in [4.78, 5) is 4.30. The van der Waals surface area contributed by atoms with Gasteiger partial charge in [-0.15, -0.1) is 0 Å². The summed E-state index contributed by atoms with van der Waals surface area (Å²) in [5.41, 5.74) is 2.23. The van der Waals surface area contributed by atoms with Crippen LogP contribution in [0.2, 0.25) is 0 Å². The van der Waals surface area contributed by atoms with Gasteiger partial charge >= 0.3 is 0 Å². The second-order valence-corrected chi connectivity index (χ2v) is 5.55. The predicted molar refractivity (Wildman–Crippen MR) is 79.1 cm³/mol. The summed E-state index contributed by atoms with van der Waals surface area (Å²) in [7, 11) is 0. The van der Waals surface area contributed by atoms with Gasteiger partial charge in [-0.3, -0.25) is 0 Å². The molecule has 82 valence electrons. The predicted octanol–water partition coefficient (Wildman–Crippen LogP) is 4.50. The van der Waals surface area contributed by atoms with Gasteiger partial charge in [-0.25, -0.2) is 4.98 Å². The molecule has 0 bridgehead atoms. The van der Waals surface area contributed by atoms with Gasteiger partial charge in [0.1, 0.15) is 5.82 Å². The summed E-state index contributed by atoms with van der Waals surface area (Å²) in [6, 6.07) is 10.2. The van der Waals surface area contributed by atoms with Crippen molar-refractivity contribution in [2.45, 2.75) is 6.92 Å². The van der Waals surface area contributed by atoms with Crippen LogP contribution in [0.15, 0.2) is 41.0 Å². The van der Waals surface area contributed by atoms with Gasteiger partial charge in [0, 0.05) is 19.9 Å². The van der Waals surface area contributed by atoms with Crippen LogP contribution >= 0.6 is 38.5 Å². The molecule has 2 aromatic rings. The van der Waals surface area contributed by atoms with Crippen molar-refractivity contribution >= 4 is 50.0 Å². The monoisotopic (exact) mass is 388 g/mol. The standard InChI is InChI=1S/C12H10BrIN2/c1-8-5-12(15-7-11(8)13)16-10-4-2-3-9(14)6-10/h2-7H,1H3,(H,15,16). The Morgan fingerprint density at radius 1 is 1.31 bits per heavy atom. The lowest BCUT2D eigenvalue weighted by Gasteiger charge is -2.07. The first kappa shape index (κ1) is 11.9. The minimum Gasteiger partial charge on any atom is -0.340 e. The molecule has 0 spiro atoms. The van der Waals surface area contributed by atoms with E-state index in [0.29, 0.717) is 0 Å². The molecule has 2 rings (SSSR count). The normalized spacial score (nSPS) is 10.2. The summed E-state index contributed by atoms with van der Waals surface area (Å²) in [6.07, 6.45) is 1.81. The topological polar surface area (TPSA) is 24.9 Å². The van der Waals surface area contributed by atoms with Crippen molar-refractivity contribution in [3.05, 3.63) is 50.1 Å². The molecule has 0 aliphatic carbocycles. The second kappa shape index (κ2) is 5.14. The van der Waals surface area contributed by atoms with Gasteiger partial charge in [-0.2, -0.15) is 0 Å². The van der Waals surface area contributed by atoms with Gasteiger partial charge in [0.15, 0.2) is 0 Å². The van der Waals surface area contributed by atoms with Crippen LogP contribution in [0.4, 0.5) is 11.5 Å². The Kier molecular flexibility index (Phi) is 3.81. The summed E-state index contributed by atoms with van der Waals surface area (Å²) in [5, 5.41) is 3.28. The fraction of sp³-hybridized carbons (Fsp3) is 0.0833. The molecule has 0 fully saturated rings. The molecule has 0 aliphatic rings. The SMILES string of the molecule is Cc1cc(Nc2cccc(I)c2)ncc1Br. The average Bonchev–Trinajstić information content (AvgIpc) is 2.24. The van der Waals surface area contributed by atoms with E-state index in [1.165, 1.54) is 9.13 Å². The summed E-state index contributed by atoms with van der Waals surface area (Å²) in [5.74, 6) is 0.864. The smallest absolute Gasteiger partial charge is 0.130 e. The highest BCUT2D eigenvalue weighted by atomic mass is 127. The van der Waals surface area contributed by atoms with Crippen molar-refractivity contribution in [1.82, 2.24) is 4.98 Å². The molecule has 1 N–H and O–H groups in total. The van der Waals surface area contributed by atoms with E-state index in [0.717, 1.165) is 16.0 Å². The Bertz CT molecular complexity index is 514. The van der Waals surface area contributed by atoms with Crippen molar-refractivity contribution in [1.29, 1.82) is 0 Å². The molecule has 0 aliphatic heterocycles. The number of aromatic nitrogens is 1. The highest BCUT2D eigenvalue weighted by Crippen LogP contribution is 2.21. The number of rotatable bonds is 2. The van der Waals surface area contributed by atoms with E-state index in [9.17, 15) is 0 Å². The molecule has 0 saturated heterocycles. The average molecular weight is 389 g/mol. The van der Waals surface area contributed by atoms with Crippen LogP contribution in [-0.2, 0) is 0 Å². The molecule has 0 atom stereocenters. The van der Waals surface area contributed by atoms with Gasteiger partial charge in [0.25, 0.3) is 0 Å². The first-order valence-corrected chi connectivity index (χ1v) is 6.67. The number of nitrogens with zero attached hydrogens (tertiary/aromatic N) is 1. The van der Waals surface area contributed by atoms with Crippen molar-refractivity contribution in [2.75, 3.05) is 5.32 Å². The number of nitrogens with one attached hydrogen (secondary N) is 1. The number of aryl methyl sites for hydroxylation is 1. The number of benzene rings is 1. The number of anilines is 2. The molecule has 0 saturated carbocycles. The second-order valence-electron chi connectivity index (χ2n) is 3.45. The van der Waals surface area contributed by atoms with Gasteiger partial charge < -0.3 is 5.32 Å². The third kappa shape index (κ3) is 2.95. The van der Waals surface area contributed by atoms with Crippen LogP contribution in [-0.4, -0.2) is 4.98 Å². The summed E-state index contributed by atoms with van der Waals surface area (Å²) >= 11 is 5.73. The molecule has 16 heavy (non-hydrogen) atoms. The molecule has 1 aromatic carbocycles. The lowest BCUT2D eigenvalue weighted by Crippen LogP contribution is -1.94. The first-order chi connectivity index (χ1) is 7.65. The zero-order valence-corrected chi connectivity index (χ0v) is 12.4. The number of hydrogen-bond acceptors (Lipinski definition) is 2. The molecule has 1 aromatic heterocycles. The zero-order valence-electron chi connectivity index (χ0n) is 8.67. The molecular weight excluding hydrogens is 379 g/mol. The Morgan fingerprint density at radius 2 is 2.12 bits per heavy atom. The van der Waals surface area contributed by atoms with Crippen LogP contribution in [0.3, 0.4) is 0 Å². The summed E-state index contributed by atoms with van der Waals surface area (Å²) < 4.78 is 2.23. The lowest BCUT2D eigenvalue weighted by atomic mass is 10.3. The molecule has 1 heterocycles. The Balaban J connectivity index is 2.24. The third-order valence-corrected chi connectivity index (χ3v) is 3.65. The fourth-order valence-electron chi connectivity index (χ4n) is 1.32. The van der Waals surface area contributed by atoms with Crippen LogP contribution in [0.5, 0.6) is 0 Å². The van der Waals surface area contributed by atoms with E-state index >= 15 is 0 Å². The fourth-order valence-corrected chi connectivity index (χ4v) is 2.08. The van der Waals surface area contributed by atoms with Crippen LogP contribution < -0.4 is 5.32 Å². The largest absolute Gasteiger partial charge is 0.340 e. The minimum atomic E-state index is 0.864. The van der Waals surface area contributed by atoms with Crippen molar-refractivity contribution in [3.63, 3.8) is 0 Å². The maximum atomic E-state index is 4.30. The van der Waals surface area contributed by atoms with Gasteiger partial charge in [-0.05, 0) is 75.3 Å². The van der Waals surface area contributed by atoms with E-state index in [1.54, 1.807) is 0 Å². The molecule has 2 nitrogen and oxygen atoms in total. The maximum Gasteiger partial charge on any atom is 0.130 e. The molecule has 0 amide bonds. The maximum absolute atomic E-state index is 4.30. The molecular formula is C12H10BrIN2. The van der Waals surface area contributed by atoms with Crippen molar-refractivity contribution < 1.29 is 0 Å². The van der Waals surface area contributed by atoms with Crippen LogP contribution in [0.1, 0.15) is 5.56 Å². The van der Waals surface area contributed by atoms with Gasteiger partial charge in [-0.1, -0.05) is 6.07 Å². The minimum absolute atomic E-state index is 0.864. The van der Waals surface area contributed by atoms with E-state index in [4.69, 9.17) is 0 Å².